The predicted molar refractivity (Wildman–Crippen MR) is 84.4 cm³/mol. The molecule has 2 aromatic carbocycles. The Bertz CT molecular complexity index is 526. The van der Waals surface area contributed by atoms with E-state index in [4.69, 9.17) is 23.2 Å². The summed E-state index contributed by atoms with van der Waals surface area (Å²) in [7, 11) is 2.09. The first kappa shape index (κ1) is 14.2. The van der Waals surface area contributed by atoms with Crippen molar-refractivity contribution in [3.8, 4) is 0 Å². The lowest BCUT2D eigenvalue weighted by Gasteiger charge is -2.22. The van der Waals surface area contributed by atoms with Gasteiger partial charge in [0.2, 0.25) is 0 Å². The maximum absolute atomic E-state index is 6.00. The molecule has 0 aliphatic heterocycles. The topological polar surface area (TPSA) is 3.24 Å². The molecular weight excluding hydrogens is 277 g/mol. The Labute approximate surface area is 124 Å². The zero-order valence-electron chi connectivity index (χ0n) is 10.9. The van der Waals surface area contributed by atoms with Gasteiger partial charge in [0.1, 0.15) is 0 Å². The molecule has 0 saturated carbocycles. The van der Waals surface area contributed by atoms with E-state index in [1.807, 2.05) is 24.3 Å². The third-order valence-electron chi connectivity index (χ3n) is 3.18. The van der Waals surface area contributed by atoms with Gasteiger partial charge in [-0.1, -0.05) is 41.9 Å². The van der Waals surface area contributed by atoms with E-state index in [9.17, 15) is 0 Å². The minimum Gasteiger partial charge on any atom is -0.374 e. The predicted octanol–water partition coefficient (Wildman–Crippen LogP) is 4.76. The lowest BCUT2D eigenvalue weighted by atomic mass is 10.1. The third kappa shape index (κ3) is 3.89. The first-order valence-electron chi connectivity index (χ1n) is 6.30. The fraction of sp³-hybridized carbons (Fsp3) is 0.250. The lowest BCUT2D eigenvalue weighted by Crippen LogP contribution is -2.21. The molecule has 0 radical (unpaired) electrons. The molecule has 2 rings (SSSR count). The van der Waals surface area contributed by atoms with Gasteiger partial charge in [-0.05, 0) is 35.7 Å². The zero-order valence-corrected chi connectivity index (χ0v) is 12.5. The van der Waals surface area contributed by atoms with Gasteiger partial charge in [0, 0.05) is 30.2 Å². The number of likely N-dealkylation sites (N-methyl/N-ethyl adjacent to an activating group) is 1. The summed E-state index contributed by atoms with van der Waals surface area (Å²) in [5, 5.41) is 0.732. The standard InChI is InChI=1S/C16H17Cl2N/c1-19(10-9-13-5-3-2-4-6-13)16-8-7-15(18)11-14(16)12-17/h2-8,11H,9-10,12H2,1H3. The van der Waals surface area contributed by atoms with Crippen molar-refractivity contribution in [3.05, 3.63) is 64.7 Å². The molecule has 0 heterocycles. The quantitative estimate of drug-likeness (QED) is 0.719. The van der Waals surface area contributed by atoms with E-state index < -0.39 is 0 Å². The summed E-state index contributed by atoms with van der Waals surface area (Å²) in [4.78, 5) is 2.22. The van der Waals surface area contributed by atoms with Crippen LogP contribution in [0, 0.1) is 0 Å². The van der Waals surface area contributed by atoms with Crippen LogP contribution in [-0.4, -0.2) is 13.6 Å². The van der Waals surface area contributed by atoms with Crippen LogP contribution in [0.15, 0.2) is 48.5 Å². The van der Waals surface area contributed by atoms with Crippen LogP contribution in [0.3, 0.4) is 0 Å². The zero-order chi connectivity index (χ0) is 13.7. The van der Waals surface area contributed by atoms with Crippen LogP contribution in [0.5, 0.6) is 0 Å². The van der Waals surface area contributed by atoms with Crippen LogP contribution >= 0.6 is 23.2 Å². The number of halogens is 2. The number of anilines is 1. The minimum atomic E-state index is 0.478. The fourth-order valence-corrected chi connectivity index (χ4v) is 2.50. The van der Waals surface area contributed by atoms with E-state index >= 15 is 0 Å². The first-order valence-corrected chi connectivity index (χ1v) is 7.21. The fourth-order valence-electron chi connectivity index (χ4n) is 2.10. The highest BCUT2D eigenvalue weighted by Crippen LogP contribution is 2.25. The maximum atomic E-state index is 6.00. The minimum absolute atomic E-state index is 0.478. The summed E-state index contributed by atoms with van der Waals surface area (Å²) in [5.41, 5.74) is 3.57. The second-order valence-corrected chi connectivity index (χ2v) is 5.27. The molecule has 0 aliphatic rings. The van der Waals surface area contributed by atoms with Gasteiger partial charge in [0.05, 0.1) is 0 Å². The highest BCUT2D eigenvalue weighted by atomic mass is 35.5. The molecule has 19 heavy (non-hydrogen) atoms. The number of nitrogens with zero attached hydrogens (tertiary/aromatic N) is 1. The Morgan fingerprint density at radius 3 is 2.47 bits per heavy atom. The normalized spacial score (nSPS) is 10.5. The summed E-state index contributed by atoms with van der Waals surface area (Å²) >= 11 is 12.0. The van der Waals surface area contributed by atoms with Gasteiger partial charge in [-0.2, -0.15) is 0 Å². The van der Waals surface area contributed by atoms with E-state index in [2.05, 4.69) is 36.2 Å². The number of hydrogen-bond donors (Lipinski definition) is 0. The van der Waals surface area contributed by atoms with Crippen molar-refractivity contribution in [1.29, 1.82) is 0 Å². The van der Waals surface area contributed by atoms with Crippen molar-refractivity contribution >= 4 is 28.9 Å². The molecule has 0 aliphatic carbocycles. The highest BCUT2D eigenvalue weighted by Gasteiger charge is 2.07. The van der Waals surface area contributed by atoms with E-state index in [1.54, 1.807) is 0 Å². The summed E-state index contributed by atoms with van der Waals surface area (Å²) in [6.45, 7) is 0.954. The molecule has 0 spiro atoms. The second kappa shape index (κ2) is 6.83. The highest BCUT2D eigenvalue weighted by molar-refractivity contribution is 6.30. The number of benzene rings is 2. The van der Waals surface area contributed by atoms with Crippen molar-refractivity contribution in [3.63, 3.8) is 0 Å². The van der Waals surface area contributed by atoms with Gasteiger partial charge in [0.25, 0.3) is 0 Å². The molecule has 1 nitrogen and oxygen atoms in total. The largest absolute Gasteiger partial charge is 0.374 e. The number of rotatable bonds is 5. The van der Waals surface area contributed by atoms with E-state index in [-0.39, 0.29) is 0 Å². The monoisotopic (exact) mass is 293 g/mol. The van der Waals surface area contributed by atoms with Crippen LogP contribution < -0.4 is 4.90 Å². The van der Waals surface area contributed by atoms with Crippen molar-refractivity contribution in [2.45, 2.75) is 12.3 Å². The Hall–Kier alpha value is -1.18. The Morgan fingerprint density at radius 1 is 1.05 bits per heavy atom. The van der Waals surface area contributed by atoms with E-state index in [0.717, 1.165) is 29.2 Å². The lowest BCUT2D eigenvalue weighted by molar-refractivity contribution is 0.872. The number of hydrogen-bond acceptors (Lipinski definition) is 1. The van der Waals surface area contributed by atoms with Gasteiger partial charge in [-0.3, -0.25) is 0 Å². The summed E-state index contributed by atoms with van der Waals surface area (Å²) < 4.78 is 0. The first-order chi connectivity index (χ1) is 9.20. The van der Waals surface area contributed by atoms with Crippen molar-refractivity contribution in [2.24, 2.45) is 0 Å². The molecule has 0 unspecified atom stereocenters. The molecule has 0 saturated heterocycles. The number of alkyl halides is 1. The maximum Gasteiger partial charge on any atom is 0.0495 e. The van der Waals surface area contributed by atoms with E-state index in [1.165, 1.54) is 5.56 Å². The molecule has 0 amide bonds. The van der Waals surface area contributed by atoms with Gasteiger partial charge in [-0.15, -0.1) is 11.6 Å². The molecule has 100 valence electrons. The second-order valence-electron chi connectivity index (χ2n) is 4.56. The Morgan fingerprint density at radius 2 is 1.79 bits per heavy atom. The van der Waals surface area contributed by atoms with Crippen molar-refractivity contribution in [1.82, 2.24) is 0 Å². The molecule has 0 fully saturated rings. The van der Waals surface area contributed by atoms with Gasteiger partial charge < -0.3 is 4.90 Å². The van der Waals surface area contributed by atoms with Gasteiger partial charge in [-0.25, -0.2) is 0 Å². The average molecular weight is 294 g/mol. The van der Waals surface area contributed by atoms with Crippen LogP contribution in [0.25, 0.3) is 0 Å². The van der Waals surface area contributed by atoms with Crippen molar-refractivity contribution in [2.75, 3.05) is 18.5 Å². The smallest absolute Gasteiger partial charge is 0.0495 e. The molecule has 0 aromatic heterocycles. The summed E-state index contributed by atoms with van der Waals surface area (Å²) in [6, 6.07) is 16.4. The molecular formula is C16H17Cl2N. The van der Waals surface area contributed by atoms with Crippen LogP contribution in [-0.2, 0) is 12.3 Å². The molecule has 2 aromatic rings. The molecule has 0 N–H and O–H groups in total. The molecule has 0 atom stereocenters. The van der Waals surface area contributed by atoms with Crippen LogP contribution in [0.1, 0.15) is 11.1 Å². The third-order valence-corrected chi connectivity index (χ3v) is 3.70. The van der Waals surface area contributed by atoms with Crippen LogP contribution in [0.2, 0.25) is 5.02 Å². The Balaban J connectivity index is 2.05. The van der Waals surface area contributed by atoms with Crippen molar-refractivity contribution < 1.29 is 0 Å². The Kier molecular flexibility index (Phi) is 5.12. The SMILES string of the molecule is CN(CCc1ccccc1)c1ccc(Cl)cc1CCl. The average Bonchev–Trinajstić information content (AvgIpc) is 2.45. The van der Waals surface area contributed by atoms with Gasteiger partial charge in [0.15, 0.2) is 0 Å². The molecule has 0 bridgehead atoms. The summed E-state index contributed by atoms with van der Waals surface area (Å²) in [6.07, 6.45) is 1.02. The van der Waals surface area contributed by atoms with Crippen LogP contribution in [0.4, 0.5) is 5.69 Å². The van der Waals surface area contributed by atoms with Gasteiger partial charge >= 0.3 is 0 Å². The van der Waals surface area contributed by atoms with E-state index in [0.29, 0.717) is 5.88 Å². The summed E-state index contributed by atoms with van der Waals surface area (Å²) in [5.74, 6) is 0.478. The molecule has 3 heteroatoms.